The molecule has 2 heterocycles. The fourth-order valence-electron chi connectivity index (χ4n) is 3.11. The van der Waals surface area contributed by atoms with E-state index in [9.17, 15) is 4.79 Å². The summed E-state index contributed by atoms with van der Waals surface area (Å²) in [6.45, 7) is 4.45. The maximum atomic E-state index is 11.6. The molecule has 0 radical (unpaired) electrons. The molecule has 1 atom stereocenters. The molecule has 0 spiro atoms. The fourth-order valence-corrected chi connectivity index (χ4v) is 4.01. The first-order valence-corrected chi connectivity index (χ1v) is 7.71. The standard InChI is InChI=1S/C15H19NOS/c1-2-15(5-6-16-10-15)12-3-4-14-11(7-12)8-13(17)9-18-14/h3-4,7,16H,2,5-6,8-10H2,1H3. The lowest BCUT2D eigenvalue weighted by Crippen LogP contribution is -2.28. The minimum Gasteiger partial charge on any atom is -0.316 e. The lowest BCUT2D eigenvalue weighted by Gasteiger charge is -2.29. The van der Waals surface area contributed by atoms with E-state index in [0.717, 1.165) is 13.1 Å². The van der Waals surface area contributed by atoms with Gasteiger partial charge in [-0.1, -0.05) is 19.1 Å². The molecule has 1 aromatic carbocycles. The molecule has 96 valence electrons. The van der Waals surface area contributed by atoms with Gasteiger partial charge in [0.05, 0.1) is 5.75 Å². The predicted octanol–water partition coefficient (Wildman–Crippen LogP) is 2.54. The van der Waals surface area contributed by atoms with E-state index in [1.54, 1.807) is 11.8 Å². The number of carbonyl (C=O) groups excluding carboxylic acids is 1. The Balaban J connectivity index is 1.98. The first-order chi connectivity index (χ1) is 8.73. The van der Waals surface area contributed by atoms with Crippen molar-refractivity contribution in [1.82, 2.24) is 5.32 Å². The van der Waals surface area contributed by atoms with Gasteiger partial charge in [-0.05, 0) is 36.6 Å². The number of hydrogen-bond donors (Lipinski definition) is 1. The first kappa shape index (κ1) is 12.2. The van der Waals surface area contributed by atoms with Crippen molar-refractivity contribution in [2.75, 3.05) is 18.8 Å². The third-order valence-corrected chi connectivity index (χ3v) is 5.55. The van der Waals surface area contributed by atoms with Crippen molar-refractivity contribution in [3.63, 3.8) is 0 Å². The number of fused-ring (bicyclic) bond motifs is 1. The van der Waals surface area contributed by atoms with Gasteiger partial charge in [0.1, 0.15) is 5.78 Å². The highest BCUT2D eigenvalue weighted by Crippen LogP contribution is 2.37. The zero-order chi connectivity index (χ0) is 12.6. The van der Waals surface area contributed by atoms with Gasteiger partial charge < -0.3 is 5.32 Å². The quantitative estimate of drug-likeness (QED) is 0.887. The molecule has 0 aromatic heterocycles. The smallest absolute Gasteiger partial charge is 0.147 e. The van der Waals surface area contributed by atoms with Gasteiger partial charge in [-0.3, -0.25) is 4.79 Å². The molecular formula is C15H19NOS. The number of thioether (sulfide) groups is 1. The highest BCUT2D eigenvalue weighted by atomic mass is 32.2. The summed E-state index contributed by atoms with van der Waals surface area (Å²) in [5, 5.41) is 3.48. The third kappa shape index (κ3) is 1.99. The van der Waals surface area contributed by atoms with Crippen LogP contribution >= 0.6 is 11.8 Å². The topological polar surface area (TPSA) is 29.1 Å². The Bertz CT molecular complexity index is 477. The molecule has 2 aliphatic heterocycles. The zero-order valence-electron chi connectivity index (χ0n) is 10.8. The van der Waals surface area contributed by atoms with Gasteiger partial charge in [-0.15, -0.1) is 11.8 Å². The second-order valence-corrected chi connectivity index (χ2v) is 6.40. The molecule has 2 nitrogen and oxygen atoms in total. The van der Waals surface area contributed by atoms with E-state index in [4.69, 9.17) is 0 Å². The van der Waals surface area contributed by atoms with Gasteiger partial charge in [0.25, 0.3) is 0 Å². The van der Waals surface area contributed by atoms with Crippen LogP contribution in [0.4, 0.5) is 0 Å². The Morgan fingerprint density at radius 2 is 2.33 bits per heavy atom. The number of carbonyl (C=O) groups is 1. The molecule has 0 amide bonds. The van der Waals surface area contributed by atoms with Crippen molar-refractivity contribution < 1.29 is 4.79 Å². The molecule has 1 unspecified atom stereocenters. The summed E-state index contributed by atoms with van der Waals surface area (Å²) in [5.74, 6) is 1.01. The zero-order valence-corrected chi connectivity index (χ0v) is 11.6. The average molecular weight is 261 g/mol. The van der Waals surface area contributed by atoms with Crippen molar-refractivity contribution in [3.8, 4) is 0 Å². The Labute approximate surface area is 113 Å². The van der Waals surface area contributed by atoms with E-state index < -0.39 is 0 Å². The van der Waals surface area contributed by atoms with Crippen molar-refractivity contribution >= 4 is 17.5 Å². The van der Waals surface area contributed by atoms with Crippen LogP contribution in [0, 0.1) is 0 Å². The Morgan fingerprint density at radius 3 is 3.06 bits per heavy atom. The molecule has 3 rings (SSSR count). The molecule has 1 N–H and O–H groups in total. The van der Waals surface area contributed by atoms with Crippen molar-refractivity contribution in [2.24, 2.45) is 0 Å². The minimum absolute atomic E-state index is 0.292. The predicted molar refractivity (Wildman–Crippen MR) is 75.3 cm³/mol. The van der Waals surface area contributed by atoms with Crippen LogP contribution in [-0.2, 0) is 16.6 Å². The second-order valence-electron chi connectivity index (χ2n) is 5.39. The Hall–Kier alpha value is -0.800. The highest BCUT2D eigenvalue weighted by Gasteiger charge is 2.34. The van der Waals surface area contributed by atoms with Gasteiger partial charge in [-0.2, -0.15) is 0 Å². The van der Waals surface area contributed by atoms with Crippen LogP contribution < -0.4 is 5.32 Å². The number of ketones is 1. The van der Waals surface area contributed by atoms with Gasteiger partial charge in [-0.25, -0.2) is 0 Å². The SMILES string of the molecule is CCC1(c2ccc3c(c2)CC(=O)CS3)CCNC1. The molecular weight excluding hydrogens is 242 g/mol. The van der Waals surface area contributed by atoms with Crippen molar-refractivity contribution in [2.45, 2.75) is 36.5 Å². The molecule has 18 heavy (non-hydrogen) atoms. The van der Waals surface area contributed by atoms with Gasteiger partial charge in [0.2, 0.25) is 0 Å². The molecule has 0 aliphatic carbocycles. The number of benzene rings is 1. The fraction of sp³-hybridized carbons (Fsp3) is 0.533. The summed E-state index contributed by atoms with van der Waals surface area (Å²) >= 11 is 1.69. The van der Waals surface area contributed by atoms with E-state index >= 15 is 0 Å². The second kappa shape index (κ2) is 4.71. The minimum atomic E-state index is 0.292. The van der Waals surface area contributed by atoms with Crippen LogP contribution in [0.25, 0.3) is 0 Å². The van der Waals surface area contributed by atoms with Gasteiger partial charge in [0.15, 0.2) is 0 Å². The number of nitrogens with one attached hydrogen (secondary N) is 1. The summed E-state index contributed by atoms with van der Waals surface area (Å²) in [4.78, 5) is 12.9. The maximum Gasteiger partial charge on any atom is 0.147 e. The van der Waals surface area contributed by atoms with E-state index in [-0.39, 0.29) is 0 Å². The van der Waals surface area contributed by atoms with Crippen molar-refractivity contribution in [3.05, 3.63) is 29.3 Å². The molecule has 1 fully saturated rings. The Morgan fingerprint density at radius 1 is 1.44 bits per heavy atom. The monoisotopic (exact) mass is 261 g/mol. The summed E-state index contributed by atoms with van der Waals surface area (Å²) in [7, 11) is 0. The lowest BCUT2D eigenvalue weighted by molar-refractivity contribution is -0.116. The number of rotatable bonds is 2. The number of hydrogen-bond acceptors (Lipinski definition) is 3. The summed E-state index contributed by atoms with van der Waals surface area (Å²) in [6.07, 6.45) is 3.01. The van der Waals surface area contributed by atoms with Crippen LogP contribution in [0.3, 0.4) is 0 Å². The highest BCUT2D eigenvalue weighted by molar-refractivity contribution is 8.00. The summed E-state index contributed by atoms with van der Waals surface area (Å²) in [6, 6.07) is 6.78. The van der Waals surface area contributed by atoms with Crippen LogP contribution in [-0.4, -0.2) is 24.6 Å². The molecule has 2 aliphatic rings. The number of Topliss-reactive ketones (excluding diaryl/α,β-unsaturated/α-hetero) is 1. The Kier molecular flexibility index (Phi) is 3.20. The molecule has 0 saturated carbocycles. The van der Waals surface area contributed by atoms with Crippen LogP contribution in [0.5, 0.6) is 0 Å². The summed E-state index contributed by atoms with van der Waals surface area (Å²) < 4.78 is 0. The molecule has 3 heteroatoms. The van der Waals surface area contributed by atoms with Crippen molar-refractivity contribution in [1.29, 1.82) is 0 Å². The largest absolute Gasteiger partial charge is 0.316 e. The van der Waals surface area contributed by atoms with E-state index in [2.05, 4.69) is 30.4 Å². The van der Waals surface area contributed by atoms with Gasteiger partial charge in [0, 0.05) is 23.3 Å². The van der Waals surface area contributed by atoms with Gasteiger partial charge >= 0.3 is 0 Å². The normalized spacial score (nSPS) is 27.3. The molecule has 1 saturated heterocycles. The molecule has 0 bridgehead atoms. The van der Waals surface area contributed by atoms with E-state index in [1.807, 2.05) is 0 Å². The van der Waals surface area contributed by atoms with E-state index in [0.29, 0.717) is 23.4 Å². The lowest BCUT2D eigenvalue weighted by atomic mass is 9.77. The van der Waals surface area contributed by atoms with Crippen LogP contribution in [0.2, 0.25) is 0 Å². The van der Waals surface area contributed by atoms with Crippen LogP contribution in [0.1, 0.15) is 30.9 Å². The summed E-state index contributed by atoms with van der Waals surface area (Å²) in [5.41, 5.74) is 2.96. The molecule has 1 aromatic rings. The van der Waals surface area contributed by atoms with E-state index in [1.165, 1.54) is 28.9 Å². The first-order valence-electron chi connectivity index (χ1n) is 6.72. The van der Waals surface area contributed by atoms with Crippen LogP contribution in [0.15, 0.2) is 23.1 Å². The maximum absolute atomic E-state index is 11.6. The third-order valence-electron chi connectivity index (χ3n) is 4.37. The average Bonchev–Trinajstić information content (AvgIpc) is 2.88.